The predicted octanol–water partition coefficient (Wildman–Crippen LogP) is 3.61. The van der Waals surface area contributed by atoms with Crippen LogP contribution in [0.4, 0.5) is 10.1 Å². The maximum atomic E-state index is 14.5. The number of carbonyl (C=O) groups is 2. The van der Waals surface area contributed by atoms with Gasteiger partial charge in [0.1, 0.15) is 11.9 Å². The van der Waals surface area contributed by atoms with Crippen molar-refractivity contribution in [3.05, 3.63) is 58.2 Å². The van der Waals surface area contributed by atoms with Gasteiger partial charge < -0.3 is 15.0 Å². The van der Waals surface area contributed by atoms with Crippen LogP contribution < -0.4 is 5.32 Å². The Bertz CT molecular complexity index is 1080. The van der Waals surface area contributed by atoms with E-state index in [0.29, 0.717) is 44.0 Å². The Kier molecular flexibility index (Phi) is 7.28. The van der Waals surface area contributed by atoms with Crippen LogP contribution in [0.25, 0.3) is 0 Å². The quantitative estimate of drug-likeness (QED) is 0.726. The zero-order valence-electron chi connectivity index (χ0n) is 20.4. The van der Waals surface area contributed by atoms with E-state index in [1.54, 1.807) is 6.07 Å². The van der Waals surface area contributed by atoms with Gasteiger partial charge in [0, 0.05) is 56.4 Å². The number of aryl methyl sites for hydroxylation is 2. The molecule has 2 saturated heterocycles. The minimum Gasteiger partial charge on any atom is -0.368 e. The molecule has 0 radical (unpaired) electrons. The molecule has 1 aromatic carbocycles. The van der Waals surface area contributed by atoms with E-state index in [2.05, 4.69) is 15.2 Å². The summed E-state index contributed by atoms with van der Waals surface area (Å²) in [6.07, 6.45) is 2.95. The number of nitrogens with one attached hydrogen (secondary N) is 1. The Hall–Kier alpha value is -2.84. The van der Waals surface area contributed by atoms with Gasteiger partial charge in [0.2, 0.25) is 0 Å². The van der Waals surface area contributed by atoms with Crippen LogP contribution in [-0.2, 0) is 16.1 Å². The number of halogens is 1. The zero-order valence-corrected chi connectivity index (χ0v) is 20.4. The number of amides is 2. The Balaban J connectivity index is 1.43. The Morgan fingerprint density at radius 3 is 2.68 bits per heavy atom. The van der Waals surface area contributed by atoms with Gasteiger partial charge in [0.05, 0.1) is 5.56 Å². The molecule has 1 aromatic heterocycles. The van der Waals surface area contributed by atoms with Gasteiger partial charge in [-0.2, -0.15) is 0 Å². The van der Waals surface area contributed by atoms with Crippen LogP contribution >= 0.6 is 0 Å². The monoisotopic (exact) mass is 468 g/mol. The van der Waals surface area contributed by atoms with Crippen molar-refractivity contribution in [3.63, 3.8) is 0 Å². The summed E-state index contributed by atoms with van der Waals surface area (Å²) in [6, 6.07) is 4.71. The number of nitrogens with zero attached hydrogens (tertiary/aromatic N) is 3. The first kappa shape index (κ1) is 24.3. The summed E-state index contributed by atoms with van der Waals surface area (Å²) in [7, 11) is 0. The Morgan fingerprint density at radius 1 is 1.21 bits per heavy atom. The number of hydrogen-bond donors (Lipinski definition) is 1. The van der Waals surface area contributed by atoms with E-state index >= 15 is 0 Å². The average molecular weight is 469 g/mol. The standard InChI is InChI=1S/C26H33FN4O3/c1-16-10-20(13-28-19(16)4)25(32)29-23-12-22(27)11-21(18(23)3)15-30-7-8-31(17(2)14-30)26(33)24-6-5-9-34-24/h10-13,17,24H,5-9,14-15H2,1-4H3,(H,29,32). The topological polar surface area (TPSA) is 74.8 Å². The molecule has 2 aromatic rings. The molecular weight excluding hydrogens is 435 g/mol. The minimum atomic E-state index is -0.394. The summed E-state index contributed by atoms with van der Waals surface area (Å²) < 4.78 is 20.1. The third-order valence-electron chi connectivity index (χ3n) is 6.92. The highest BCUT2D eigenvalue weighted by Crippen LogP contribution is 2.25. The van der Waals surface area contributed by atoms with Crippen molar-refractivity contribution < 1.29 is 18.7 Å². The summed E-state index contributed by atoms with van der Waals surface area (Å²) in [6.45, 7) is 11.0. The summed E-state index contributed by atoms with van der Waals surface area (Å²) in [4.78, 5) is 33.9. The molecule has 2 fully saturated rings. The van der Waals surface area contributed by atoms with Crippen molar-refractivity contribution in [1.29, 1.82) is 0 Å². The fraction of sp³-hybridized carbons (Fsp3) is 0.500. The van der Waals surface area contributed by atoms with E-state index in [1.165, 1.54) is 18.3 Å². The van der Waals surface area contributed by atoms with E-state index in [-0.39, 0.29) is 24.0 Å². The molecule has 2 aliphatic heterocycles. The summed E-state index contributed by atoms with van der Waals surface area (Å²) in [5.74, 6) is -0.628. The zero-order chi connectivity index (χ0) is 24.4. The second-order valence-corrected chi connectivity index (χ2v) is 9.44. The SMILES string of the molecule is Cc1cc(C(=O)Nc2cc(F)cc(CN3CCN(C(=O)C4CCCO4)C(C)C3)c2C)cnc1C. The lowest BCUT2D eigenvalue weighted by molar-refractivity contribution is -0.145. The first-order valence-corrected chi connectivity index (χ1v) is 11.9. The number of ether oxygens (including phenoxy) is 1. The third-order valence-corrected chi connectivity index (χ3v) is 6.92. The number of aromatic nitrogens is 1. The van der Waals surface area contributed by atoms with Crippen LogP contribution in [0, 0.1) is 26.6 Å². The maximum Gasteiger partial charge on any atom is 0.257 e. The lowest BCUT2D eigenvalue weighted by Crippen LogP contribution is -2.55. The van der Waals surface area contributed by atoms with Gasteiger partial charge >= 0.3 is 0 Å². The normalized spacial score (nSPS) is 21.0. The maximum absolute atomic E-state index is 14.5. The molecule has 7 nitrogen and oxygen atoms in total. The molecule has 4 rings (SSSR count). The van der Waals surface area contributed by atoms with Crippen molar-refractivity contribution in [2.45, 2.75) is 59.2 Å². The van der Waals surface area contributed by atoms with Gasteiger partial charge in [-0.1, -0.05) is 0 Å². The van der Waals surface area contributed by atoms with Crippen molar-refractivity contribution in [3.8, 4) is 0 Å². The van der Waals surface area contributed by atoms with Crippen molar-refractivity contribution in [1.82, 2.24) is 14.8 Å². The van der Waals surface area contributed by atoms with Crippen LogP contribution in [-0.4, -0.2) is 65.0 Å². The smallest absolute Gasteiger partial charge is 0.257 e. The Morgan fingerprint density at radius 2 is 2.00 bits per heavy atom. The molecule has 34 heavy (non-hydrogen) atoms. The molecule has 3 heterocycles. The number of piperazine rings is 1. The number of benzene rings is 1. The van der Waals surface area contributed by atoms with Gasteiger partial charge in [-0.15, -0.1) is 0 Å². The van der Waals surface area contributed by atoms with Crippen molar-refractivity contribution in [2.24, 2.45) is 0 Å². The van der Waals surface area contributed by atoms with Gasteiger partial charge in [0.15, 0.2) is 0 Å². The first-order chi connectivity index (χ1) is 16.2. The molecule has 0 aliphatic carbocycles. The van der Waals surface area contributed by atoms with Gasteiger partial charge in [0.25, 0.3) is 11.8 Å². The summed E-state index contributed by atoms with van der Waals surface area (Å²) in [5.41, 5.74) is 4.34. The second-order valence-electron chi connectivity index (χ2n) is 9.44. The Labute approximate surface area is 200 Å². The largest absolute Gasteiger partial charge is 0.368 e. The highest BCUT2D eigenvalue weighted by atomic mass is 19.1. The molecule has 2 unspecified atom stereocenters. The fourth-order valence-corrected chi connectivity index (χ4v) is 4.69. The summed E-state index contributed by atoms with van der Waals surface area (Å²) in [5, 5.41) is 2.85. The van der Waals surface area contributed by atoms with Gasteiger partial charge in [-0.3, -0.25) is 19.5 Å². The van der Waals surface area contributed by atoms with Crippen molar-refractivity contribution >= 4 is 17.5 Å². The number of hydrogen-bond acceptors (Lipinski definition) is 5. The average Bonchev–Trinajstić information content (AvgIpc) is 3.33. The van der Waals surface area contributed by atoms with Crippen molar-refractivity contribution in [2.75, 3.05) is 31.6 Å². The first-order valence-electron chi connectivity index (χ1n) is 11.9. The lowest BCUT2D eigenvalue weighted by atomic mass is 10.0. The van der Waals surface area contributed by atoms with E-state index in [9.17, 15) is 14.0 Å². The van der Waals surface area contributed by atoms with E-state index in [1.807, 2.05) is 32.6 Å². The number of carbonyl (C=O) groups excluding carboxylic acids is 2. The molecule has 1 N–H and O–H groups in total. The molecular formula is C26H33FN4O3. The highest BCUT2D eigenvalue weighted by Gasteiger charge is 2.34. The van der Waals surface area contributed by atoms with E-state index in [4.69, 9.17) is 4.74 Å². The lowest BCUT2D eigenvalue weighted by Gasteiger charge is -2.41. The van der Waals surface area contributed by atoms with Gasteiger partial charge in [-0.05, 0) is 75.4 Å². The third kappa shape index (κ3) is 5.28. The molecule has 0 saturated carbocycles. The molecule has 0 spiro atoms. The van der Waals surface area contributed by atoms with Gasteiger partial charge in [-0.25, -0.2) is 4.39 Å². The van der Waals surface area contributed by atoms with Crippen LogP contribution in [0.3, 0.4) is 0 Å². The predicted molar refractivity (Wildman–Crippen MR) is 128 cm³/mol. The molecule has 0 bridgehead atoms. The molecule has 2 aliphatic rings. The molecule has 2 atom stereocenters. The van der Waals surface area contributed by atoms with E-state index in [0.717, 1.165) is 35.2 Å². The molecule has 2 amide bonds. The van der Waals surface area contributed by atoms with Crippen LogP contribution in [0.5, 0.6) is 0 Å². The fourth-order valence-electron chi connectivity index (χ4n) is 4.69. The number of pyridine rings is 1. The van der Waals surface area contributed by atoms with Crippen LogP contribution in [0.1, 0.15) is 52.5 Å². The van der Waals surface area contributed by atoms with Crippen LogP contribution in [0.15, 0.2) is 24.4 Å². The van der Waals surface area contributed by atoms with Crippen LogP contribution in [0.2, 0.25) is 0 Å². The highest BCUT2D eigenvalue weighted by molar-refractivity contribution is 6.04. The molecule has 8 heteroatoms. The summed E-state index contributed by atoms with van der Waals surface area (Å²) >= 11 is 0. The van der Waals surface area contributed by atoms with E-state index < -0.39 is 5.82 Å². The minimum absolute atomic E-state index is 0.0516. The number of rotatable bonds is 5. The molecule has 182 valence electrons. The second kappa shape index (κ2) is 10.2. The number of anilines is 1.